The molecule has 0 bridgehead atoms. The Morgan fingerprint density at radius 3 is 2.56 bits per heavy atom. The van der Waals surface area contributed by atoms with E-state index in [4.69, 9.17) is 11.6 Å². The smallest absolute Gasteiger partial charge is 0.0406 e. The second kappa shape index (κ2) is 7.99. The lowest BCUT2D eigenvalue weighted by atomic mass is 10.2. The molecule has 0 unspecified atom stereocenters. The van der Waals surface area contributed by atoms with Gasteiger partial charge in [-0.3, -0.25) is 0 Å². The fourth-order valence-corrected chi connectivity index (χ4v) is 2.38. The van der Waals surface area contributed by atoms with Gasteiger partial charge in [-0.05, 0) is 36.4 Å². The van der Waals surface area contributed by atoms with Crippen molar-refractivity contribution in [2.75, 3.05) is 12.3 Å². The summed E-state index contributed by atoms with van der Waals surface area (Å²) in [4.78, 5) is 0. The number of rotatable bonds is 7. The van der Waals surface area contributed by atoms with E-state index in [-0.39, 0.29) is 0 Å². The van der Waals surface area contributed by atoms with Crippen LogP contribution in [0.25, 0.3) is 0 Å². The van der Waals surface area contributed by atoms with Crippen molar-refractivity contribution in [1.82, 2.24) is 5.32 Å². The molecule has 16 heavy (non-hydrogen) atoms. The lowest BCUT2D eigenvalue weighted by Gasteiger charge is -2.07. The molecule has 1 N–H and O–H groups in total. The largest absolute Gasteiger partial charge is 0.315 e. The molecule has 0 fully saturated rings. The molecule has 0 saturated carbocycles. The van der Waals surface area contributed by atoms with Crippen molar-refractivity contribution in [3.8, 4) is 0 Å². The van der Waals surface area contributed by atoms with Crippen LogP contribution in [0.4, 0.5) is 0 Å². The Morgan fingerprint density at radius 2 is 1.94 bits per heavy atom. The average Bonchev–Trinajstić information content (AvgIpc) is 2.25. The highest BCUT2D eigenvalue weighted by molar-refractivity contribution is 7.98. The summed E-state index contributed by atoms with van der Waals surface area (Å²) in [5, 5.41) is 4.24. The van der Waals surface area contributed by atoms with Crippen LogP contribution in [0.1, 0.15) is 25.8 Å². The van der Waals surface area contributed by atoms with Gasteiger partial charge in [0, 0.05) is 16.8 Å². The molecule has 1 rings (SSSR count). The van der Waals surface area contributed by atoms with Crippen LogP contribution in [-0.4, -0.2) is 18.3 Å². The minimum atomic E-state index is 0.598. The van der Waals surface area contributed by atoms with E-state index in [0.29, 0.717) is 6.04 Å². The summed E-state index contributed by atoms with van der Waals surface area (Å²) < 4.78 is 0. The number of benzene rings is 1. The van der Waals surface area contributed by atoms with E-state index in [1.807, 2.05) is 23.9 Å². The first-order valence-electron chi connectivity index (χ1n) is 5.74. The van der Waals surface area contributed by atoms with Crippen LogP contribution in [0, 0.1) is 0 Å². The molecule has 0 heterocycles. The van der Waals surface area contributed by atoms with Gasteiger partial charge in [0.2, 0.25) is 0 Å². The number of hydrogen-bond donors (Lipinski definition) is 1. The third-order valence-corrected chi connectivity index (χ3v) is 3.57. The first-order valence-corrected chi connectivity index (χ1v) is 7.27. The molecule has 0 amide bonds. The highest BCUT2D eigenvalue weighted by Crippen LogP contribution is 2.15. The zero-order chi connectivity index (χ0) is 11.8. The van der Waals surface area contributed by atoms with Gasteiger partial charge in [0.1, 0.15) is 0 Å². The molecule has 0 aliphatic rings. The average molecular weight is 258 g/mol. The van der Waals surface area contributed by atoms with Crippen molar-refractivity contribution in [3.63, 3.8) is 0 Å². The van der Waals surface area contributed by atoms with Crippen molar-refractivity contribution in [2.24, 2.45) is 0 Å². The number of hydrogen-bond acceptors (Lipinski definition) is 2. The van der Waals surface area contributed by atoms with Gasteiger partial charge in [0.25, 0.3) is 0 Å². The monoisotopic (exact) mass is 257 g/mol. The topological polar surface area (TPSA) is 12.0 Å². The molecule has 0 atom stereocenters. The van der Waals surface area contributed by atoms with Gasteiger partial charge in [-0.25, -0.2) is 0 Å². The van der Waals surface area contributed by atoms with Gasteiger partial charge < -0.3 is 5.32 Å². The highest BCUT2D eigenvalue weighted by Gasteiger charge is 1.95. The van der Waals surface area contributed by atoms with Crippen LogP contribution < -0.4 is 5.32 Å². The van der Waals surface area contributed by atoms with Gasteiger partial charge in [-0.1, -0.05) is 37.6 Å². The van der Waals surface area contributed by atoms with Crippen molar-refractivity contribution in [2.45, 2.75) is 32.1 Å². The predicted octanol–water partition coefficient (Wildman–Crippen LogP) is 3.96. The summed E-state index contributed by atoms with van der Waals surface area (Å²) in [7, 11) is 0. The van der Waals surface area contributed by atoms with Crippen LogP contribution in [0.5, 0.6) is 0 Å². The predicted molar refractivity (Wildman–Crippen MR) is 75.4 cm³/mol. The van der Waals surface area contributed by atoms with Gasteiger partial charge in [0.15, 0.2) is 0 Å². The minimum Gasteiger partial charge on any atom is -0.315 e. The molecule has 90 valence electrons. The third-order valence-electron chi connectivity index (χ3n) is 2.20. The van der Waals surface area contributed by atoms with E-state index in [1.165, 1.54) is 17.7 Å². The maximum atomic E-state index is 5.83. The summed E-state index contributed by atoms with van der Waals surface area (Å²) >= 11 is 7.81. The van der Waals surface area contributed by atoms with E-state index >= 15 is 0 Å². The van der Waals surface area contributed by atoms with Gasteiger partial charge in [0.05, 0.1) is 0 Å². The molecule has 0 saturated heterocycles. The molecule has 1 aromatic carbocycles. The lowest BCUT2D eigenvalue weighted by molar-refractivity contribution is 0.586. The molecule has 1 nitrogen and oxygen atoms in total. The minimum absolute atomic E-state index is 0.598. The number of nitrogens with one attached hydrogen (secondary N) is 1. The standard InChI is InChI=1S/C13H20ClNS/c1-11(2)15-8-3-9-16-10-12-4-6-13(14)7-5-12/h4-7,11,15H,3,8-10H2,1-2H3. The van der Waals surface area contributed by atoms with Crippen LogP contribution >= 0.6 is 23.4 Å². The Bertz CT molecular complexity index is 284. The Hall–Kier alpha value is -0.180. The Morgan fingerprint density at radius 1 is 1.25 bits per heavy atom. The Kier molecular flexibility index (Phi) is 6.93. The van der Waals surface area contributed by atoms with Crippen LogP contribution in [0.2, 0.25) is 5.02 Å². The van der Waals surface area contributed by atoms with Crippen molar-refractivity contribution in [3.05, 3.63) is 34.9 Å². The van der Waals surface area contributed by atoms with Gasteiger partial charge in [-0.15, -0.1) is 0 Å². The number of thioether (sulfide) groups is 1. The molecule has 3 heteroatoms. The normalized spacial score (nSPS) is 11.0. The summed E-state index contributed by atoms with van der Waals surface area (Å²) in [5.41, 5.74) is 1.35. The maximum Gasteiger partial charge on any atom is 0.0406 e. The molecular formula is C13H20ClNS. The van der Waals surface area contributed by atoms with Crippen LogP contribution in [0.3, 0.4) is 0 Å². The zero-order valence-corrected chi connectivity index (χ0v) is 11.6. The molecule has 0 radical (unpaired) electrons. The molecule has 1 aromatic rings. The van der Waals surface area contributed by atoms with E-state index < -0.39 is 0 Å². The summed E-state index contributed by atoms with van der Waals surface area (Å²) in [6, 6.07) is 8.71. The van der Waals surface area contributed by atoms with E-state index in [9.17, 15) is 0 Å². The second-order valence-corrected chi connectivity index (χ2v) is 5.68. The Balaban J connectivity index is 2.05. The summed E-state index contributed by atoms with van der Waals surface area (Å²) in [5.74, 6) is 2.29. The van der Waals surface area contributed by atoms with Crippen molar-refractivity contribution >= 4 is 23.4 Å². The van der Waals surface area contributed by atoms with Crippen molar-refractivity contribution < 1.29 is 0 Å². The SMILES string of the molecule is CC(C)NCCCSCc1ccc(Cl)cc1. The molecule has 0 aliphatic heterocycles. The fraction of sp³-hybridized carbons (Fsp3) is 0.538. The quantitative estimate of drug-likeness (QED) is 0.742. The fourth-order valence-electron chi connectivity index (χ4n) is 1.34. The zero-order valence-electron chi connectivity index (χ0n) is 10.0. The summed E-state index contributed by atoms with van der Waals surface area (Å²) in [6.07, 6.45) is 1.23. The molecule has 0 spiro atoms. The van der Waals surface area contributed by atoms with Crippen molar-refractivity contribution in [1.29, 1.82) is 0 Å². The maximum absolute atomic E-state index is 5.83. The molecule has 0 aromatic heterocycles. The first-order chi connectivity index (χ1) is 7.68. The second-order valence-electron chi connectivity index (χ2n) is 4.14. The Labute approximate surface area is 108 Å². The lowest BCUT2D eigenvalue weighted by Crippen LogP contribution is -2.23. The molecule has 0 aliphatic carbocycles. The van der Waals surface area contributed by atoms with Crippen LogP contribution in [0.15, 0.2) is 24.3 Å². The van der Waals surface area contributed by atoms with E-state index in [1.54, 1.807) is 0 Å². The van der Waals surface area contributed by atoms with Gasteiger partial charge >= 0.3 is 0 Å². The number of halogens is 1. The summed E-state index contributed by atoms with van der Waals surface area (Å²) in [6.45, 7) is 5.48. The van der Waals surface area contributed by atoms with Gasteiger partial charge in [-0.2, -0.15) is 11.8 Å². The highest BCUT2D eigenvalue weighted by atomic mass is 35.5. The molecular weight excluding hydrogens is 238 g/mol. The first kappa shape index (κ1) is 13.9. The van der Waals surface area contributed by atoms with E-state index in [2.05, 4.69) is 31.3 Å². The van der Waals surface area contributed by atoms with E-state index in [0.717, 1.165) is 17.3 Å². The third kappa shape index (κ3) is 6.41. The van der Waals surface area contributed by atoms with Crippen LogP contribution in [-0.2, 0) is 5.75 Å².